The van der Waals surface area contributed by atoms with Crippen LogP contribution in [0.15, 0.2) is 29.4 Å². The van der Waals surface area contributed by atoms with Gasteiger partial charge in [0.25, 0.3) is 0 Å². The standard InChI is InChI=1S/C18H26N4O2S.HI/c1-13-12-22-17(25-13)8-10-21-18(19-2)20-9-7-14-5-6-15(23-3)16(11-14)24-4;/h5-6,11-12H,7-10H2,1-4H3,(H2,19,20,21);1H. The van der Waals surface area contributed by atoms with Gasteiger partial charge >= 0.3 is 0 Å². The summed E-state index contributed by atoms with van der Waals surface area (Å²) in [6.07, 6.45) is 3.68. The fourth-order valence-corrected chi connectivity index (χ4v) is 3.17. The van der Waals surface area contributed by atoms with Crippen LogP contribution in [0.3, 0.4) is 0 Å². The van der Waals surface area contributed by atoms with Crippen molar-refractivity contribution in [3.8, 4) is 11.5 Å². The van der Waals surface area contributed by atoms with Gasteiger partial charge in [-0.25, -0.2) is 4.98 Å². The summed E-state index contributed by atoms with van der Waals surface area (Å²) in [5.41, 5.74) is 1.18. The van der Waals surface area contributed by atoms with Crippen molar-refractivity contribution < 1.29 is 9.47 Å². The number of hydrogen-bond acceptors (Lipinski definition) is 5. The maximum absolute atomic E-state index is 5.34. The molecule has 0 atom stereocenters. The highest BCUT2D eigenvalue weighted by molar-refractivity contribution is 14.0. The normalized spacial score (nSPS) is 10.8. The molecule has 0 bridgehead atoms. The molecule has 1 aromatic carbocycles. The second-order valence-corrected chi connectivity index (χ2v) is 6.80. The Kier molecular flexibility index (Phi) is 10.3. The van der Waals surface area contributed by atoms with Crippen molar-refractivity contribution >= 4 is 41.3 Å². The van der Waals surface area contributed by atoms with Crippen molar-refractivity contribution in [2.45, 2.75) is 19.8 Å². The lowest BCUT2D eigenvalue weighted by molar-refractivity contribution is 0.354. The Morgan fingerprint density at radius 2 is 1.81 bits per heavy atom. The molecule has 26 heavy (non-hydrogen) atoms. The van der Waals surface area contributed by atoms with Crippen LogP contribution >= 0.6 is 35.3 Å². The van der Waals surface area contributed by atoms with Crippen LogP contribution in [0, 0.1) is 6.92 Å². The van der Waals surface area contributed by atoms with E-state index in [1.807, 2.05) is 24.4 Å². The molecule has 1 aromatic heterocycles. The topological polar surface area (TPSA) is 67.8 Å². The van der Waals surface area contributed by atoms with Crippen LogP contribution < -0.4 is 20.1 Å². The van der Waals surface area contributed by atoms with Crippen molar-refractivity contribution in [2.24, 2.45) is 4.99 Å². The Hall–Kier alpha value is -1.55. The van der Waals surface area contributed by atoms with E-state index in [1.165, 1.54) is 10.4 Å². The molecule has 0 saturated heterocycles. The number of rotatable bonds is 8. The van der Waals surface area contributed by atoms with Crippen molar-refractivity contribution in [3.63, 3.8) is 0 Å². The van der Waals surface area contributed by atoms with Gasteiger partial charge in [-0.2, -0.15) is 0 Å². The van der Waals surface area contributed by atoms with Crippen LogP contribution in [0.4, 0.5) is 0 Å². The largest absolute Gasteiger partial charge is 0.493 e. The van der Waals surface area contributed by atoms with Crippen LogP contribution in [0.5, 0.6) is 11.5 Å². The highest BCUT2D eigenvalue weighted by Gasteiger charge is 2.05. The summed E-state index contributed by atoms with van der Waals surface area (Å²) < 4.78 is 10.6. The van der Waals surface area contributed by atoms with Gasteiger partial charge in [-0.05, 0) is 31.0 Å². The zero-order valence-corrected chi connectivity index (χ0v) is 18.8. The Morgan fingerprint density at radius 3 is 2.38 bits per heavy atom. The first-order valence-electron chi connectivity index (χ1n) is 8.23. The number of hydrogen-bond donors (Lipinski definition) is 2. The molecule has 8 heteroatoms. The van der Waals surface area contributed by atoms with E-state index in [4.69, 9.17) is 9.47 Å². The summed E-state index contributed by atoms with van der Waals surface area (Å²) in [4.78, 5) is 9.86. The second-order valence-electron chi connectivity index (χ2n) is 5.48. The van der Waals surface area contributed by atoms with Crippen LogP contribution in [-0.4, -0.2) is 45.3 Å². The summed E-state index contributed by atoms with van der Waals surface area (Å²) in [6.45, 7) is 3.66. The summed E-state index contributed by atoms with van der Waals surface area (Å²) in [6, 6.07) is 5.97. The van der Waals surface area contributed by atoms with E-state index >= 15 is 0 Å². The fourth-order valence-electron chi connectivity index (χ4n) is 2.39. The number of nitrogens with one attached hydrogen (secondary N) is 2. The van der Waals surface area contributed by atoms with Gasteiger partial charge in [0.2, 0.25) is 0 Å². The molecule has 0 radical (unpaired) electrons. The highest BCUT2D eigenvalue weighted by Crippen LogP contribution is 2.27. The van der Waals surface area contributed by atoms with Crippen molar-refractivity contribution in [2.75, 3.05) is 34.4 Å². The number of methoxy groups -OCH3 is 2. The van der Waals surface area contributed by atoms with Crippen LogP contribution in [0.2, 0.25) is 0 Å². The molecule has 0 spiro atoms. The van der Waals surface area contributed by atoms with Gasteiger partial charge in [-0.1, -0.05) is 6.07 Å². The lowest BCUT2D eigenvalue weighted by atomic mass is 10.1. The van der Waals surface area contributed by atoms with E-state index in [1.54, 1.807) is 32.6 Å². The first-order chi connectivity index (χ1) is 12.2. The molecule has 2 rings (SSSR count). The van der Waals surface area contributed by atoms with Crippen LogP contribution in [0.25, 0.3) is 0 Å². The molecule has 0 fully saturated rings. The lowest BCUT2D eigenvalue weighted by Crippen LogP contribution is -2.39. The number of halogens is 1. The SMILES string of the molecule is CN=C(NCCc1ccc(OC)c(OC)c1)NCCc1ncc(C)s1.I. The third kappa shape index (κ3) is 6.99. The fraction of sp³-hybridized carbons (Fsp3) is 0.444. The van der Waals surface area contributed by atoms with E-state index < -0.39 is 0 Å². The minimum absolute atomic E-state index is 0. The van der Waals surface area contributed by atoms with Gasteiger partial charge in [0.05, 0.1) is 19.2 Å². The molecule has 1 heterocycles. The van der Waals surface area contributed by atoms with E-state index in [9.17, 15) is 0 Å². The molecule has 6 nitrogen and oxygen atoms in total. The summed E-state index contributed by atoms with van der Waals surface area (Å²) >= 11 is 1.74. The number of guanidine groups is 1. The first-order valence-corrected chi connectivity index (χ1v) is 9.04. The van der Waals surface area contributed by atoms with E-state index in [0.29, 0.717) is 0 Å². The average molecular weight is 490 g/mol. The van der Waals surface area contributed by atoms with Crippen molar-refractivity contribution in [1.29, 1.82) is 0 Å². The quantitative estimate of drug-likeness (QED) is 0.338. The van der Waals surface area contributed by atoms with E-state index in [-0.39, 0.29) is 24.0 Å². The Bertz CT molecular complexity index is 706. The summed E-state index contributed by atoms with van der Waals surface area (Å²) in [5, 5.41) is 7.78. The molecule has 0 amide bonds. The Balaban J connectivity index is 0.00000338. The third-order valence-corrected chi connectivity index (χ3v) is 4.65. The smallest absolute Gasteiger partial charge is 0.191 e. The van der Waals surface area contributed by atoms with Crippen LogP contribution in [0.1, 0.15) is 15.4 Å². The molecular weight excluding hydrogens is 463 g/mol. The number of ether oxygens (including phenoxy) is 2. The number of benzene rings is 1. The molecule has 2 N–H and O–H groups in total. The zero-order valence-electron chi connectivity index (χ0n) is 15.7. The van der Waals surface area contributed by atoms with Gasteiger partial charge in [0.15, 0.2) is 17.5 Å². The maximum Gasteiger partial charge on any atom is 0.191 e. The molecule has 0 saturated carbocycles. The van der Waals surface area contributed by atoms with Gasteiger partial charge in [0, 0.05) is 37.6 Å². The number of aliphatic imine (C=N–C) groups is 1. The molecular formula is C18H27IN4O2S. The summed E-state index contributed by atoms with van der Waals surface area (Å²) in [5.74, 6) is 2.30. The minimum Gasteiger partial charge on any atom is -0.493 e. The van der Waals surface area contributed by atoms with E-state index in [2.05, 4.69) is 27.5 Å². The predicted molar refractivity (Wildman–Crippen MR) is 119 cm³/mol. The van der Waals surface area contributed by atoms with Gasteiger partial charge in [0.1, 0.15) is 0 Å². The molecule has 2 aromatic rings. The Morgan fingerprint density at radius 1 is 1.12 bits per heavy atom. The summed E-state index contributed by atoms with van der Waals surface area (Å²) in [7, 11) is 5.07. The first kappa shape index (κ1) is 22.5. The van der Waals surface area contributed by atoms with Crippen molar-refractivity contribution in [1.82, 2.24) is 15.6 Å². The molecule has 0 aliphatic carbocycles. The number of aromatic nitrogens is 1. The third-order valence-electron chi connectivity index (χ3n) is 3.68. The second kappa shape index (κ2) is 11.9. The minimum atomic E-state index is 0. The molecule has 0 unspecified atom stereocenters. The zero-order chi connectivity index (χ0) is 18.1. The van der Waals surface area contributed by atoms with Gasteiger partial charge < -0.3 is 20.1 Å². The lowest BCUT2D eigenvalue weighted by Gasteiger charge is -2.12. The highest BCUT2D eigenvalue weighted by atomic mass is 127. The molecule has 0 aliphatic rings. The average Bonchev–Trinajstić information content (AvgIpc) is 3.05. The number of aryl methyl sites for hydroxylation is 1. The van der Waals surface area contributed by atoms with E-state index in [0.717, 1.165) is 48.4 Å². The van der Waals surface area contributed by atoms with Gasteiger partial charge in [-0.3, -0.25) is 4.99 Å². The van der Waals surface area contributed by atoms with Gasteiger partial charge in [-0.15, -0.1) is 35.3 Å². The maximum atomic E-state index is 5.34. The number of nitrogens with zero attached hydrogens (tertiary/aromatic N) is 2. The van der Waals surface area contributed by atoms with Crippen molar-refractivity contribution in [3.05, 3.63) is 39.8 Å². The Labute approximate surface area is 176 Å². The number of thiazole rings is 1. The molecule has 144 valence electrons. The predicted octanol–water partition coefficient (Wildman–Crippen LogP) is 3.04. The van der Waals surface area contributed by atoms with Crippen LogP contribution in [-0.2, 0) is 12.8 Å². The monoisotopic (exact) mass is 490 g/mol. The molecule has 0 aliphatic heterocycles.